The quantitative estimate of drug-likeness (QED) is 0.180. The van der Waals surface area contributed by atoms with E-state index in [1.165, 1.54) is 21.9 Å². The van der Waals surface area contributed by atoms with Crippen LogP contribution < -0.4 is 0 Å². The van der Waals surface area contributed by atoms with Crippen molar-refractivity contribution in [3.05, 3.63) is 129 Å². The van der Waals surface area contributed by atoms with E-state index in [-0.39, 0.29) is 10.8 Å². The van der Waals surface area contributed by atoms with Crippen LogP contribution in [0.2, 0.25) is 0 Å². The molecule has 6 heteroatoms. The summed E-state index contributed by atoms with van der Waals surface area (Å²) in [6.07, 6.45) is 0. The average molecular weight is 745 g/mol. The fourth-order valence-electron chi connectivity index (χ4n) is 6.10. The summed E-state index contributed by atoms with van der Waals surface area (Å²) in [4.78, 5) is 15.3. The highest BCUT2D eigenvalue weighted by Crippen LogP contribution is 2.40. The number of hydrogen-bond acceptors (Lipinski definition) is 3. The van der Waals surface area contributed by atoms with Crippen LogP contribution in [0.1, 0.15) is 52.7 Å². The number of para-hydroxylation sites is 1. The van der Waals surface area contributed by atoms with Crippen molar-refractivity contribution in [3.8, 4) is 39.9 Å². The number of rotatable bonds is 4. The summed E-state index contributed by atoms with van der Waals surface area (Å²) in [6, 6.07) is 38.4. The Kier molecular flexibility index (Phi) is 7.92. The Morgan fingerprint density at radius 2 is 0.851 bits per heavy atom. The lowest BCUT2D eigenvalue weighted by atomic mass is 9.85. The Morgan fingerprint density at radius 1 is 0.468 bits per heavy atom. The minimum atomic E-state index is 0.0251. The van der Waals surface area contributed by atoms with Gasteiger partial charge in [-0.1, -0.05) is 134 Å². The zero-order valence-electron chi connectivity index (χ0n) is 27.4. The Morgan fingerprint density at radius 3 is 1.28 bits per heavy atom. The maximum atomic E-state index is 5.13. The van der Waals surface area contributed by atoms with E-state index in [1.54, 1.807) is 0 Å². The highest BCUT2D eigenvalue weighted by Gasteiger charge is 2.23. The SMILES string of the molecule is CC(C)(C)c1ccc2c(c1)c1cc(C(C)(C)C)ccc1n2-c1ccccc1-c1nc(-c2ccccc2Br)nc(-c2ccccc2Br)n1. The molecule has 0 saturated carbocycles. The summed E-state index contributed by atoms with van der Waals surface area (Å²) in [6.45, 7) is 13.6. The standard InChI is InChI=1S/C41H36Br2N4/c1-40(2,3)25-19-21-35-30(23-25)31-24-26(41(4,5)6)20-22-36(31)47(35)34-18-12-9-15-29(34)39-45-37(27-13-7-10-16-32(27)42)44-38(46-39)28-14-8-11-17-33(28)43/h7-24H,1-6H3. The second kappa shape index (κ2) is 11.8. The van der Waals surface area contributed by atoms with Gasteiger partial charge in [0.2, 0.25) is 0 Å². The third-order valence-corrected chi connectivity index (χ3v) is 10.1. The van der Waals surface area contributed by atoms with Crippen molar-refractivity contribution in [1.29, 1.82) is 0 Å². The predicted octanol–water partition coefficient (Wildman–Crippen LogP) is 12.1. The summed E-state index contributed by atoms with van der Waals surface area (Å²) < 4.78 is 4.23. The summed E-state index contributed by atoms with van der Waals surface area (Å²) >= 11 is 7.47. The molecule has 2 aromatic heterocycles. The van der Waals surface area contributed by atoms with Gasteiger partial charge in [-0.25, -0.2) is 15.0 Å². The lowest BCUT2D eigenvalue weighted by Gasteiger charge is -2.19. The van der Waals surface area contributed by atoms with Crippen molar-refractivity contribution in [2.45, 2.75) is 52.4 Å². The highest BCUT2D eigenvalue weighted by atomic mass is 79.9. The first-order chi connectivity index (χ1) is 22.4. The minimum Gasteiger partial charge on any atom is -0.309 e. The summed E-state index contributed by atoms with van der Waals surface area (Å²) in [5, 5.41) is 2.48. The van der Waals surface area contributed by atoms with Crippen molar-refractivity contribution < 1.29 is 0 Å². The van der Waals surface area contributed by atoms with Crippen molar-refractivity contribution in [3.63, 3.8) is 0 Å². The molecule has 0 aliphatic heterocycles. The van der Waals surface area contributed by atoms with Crippen LogP contribution in [0.4, 0.5) is 0 Å². The van der Waals surface area contributed by atoms with Gasteiger partial charge in [0.05, 0.1) is 16.7 Å². The molecule has 2 heterocycles. The molecule has 7 aromatic rings. The maximum Gasteiger partial charge on any atom is 0.166 e. The highest BCUT2D eigenvalue weighted by molar-refractivity contribution is 9.11. The van der Waals surface area contributed by atoms with E-state index in [9.17, 15) is 0 Å². The first-order valence-electron chi connectivity index (χ1n) is 15.8. The van der Waals surface area contributed by atoms with Gasteiger partial charge in [0.25, 0.3) is 0 Å². The maximum absolute atomic E-state index is 5.13. The third kappa shape index (κ3) is 5.83. The molecule has 47 heavy (non-hydrogen) atoms. The molecule has 4 nitrogen and oxygen atoms in total. The van der Waals surface area contributed by atoms with Gasteiger partial charge in [-0.2, -0.15) is 0 Å². The number of fused-ring (bicyclic) bond motifs is 3. The lowest BCUT2D eigenvalue weighted by Crippen LogP contribution is -2.10. The van der Waals surface area contributed by atoms with Crippen molar-refractivity contribution in [2.24, 2.45) is 0 Å². The van der Waals surface area contributed by atoms with E-state index in [0.29, 0.717) is 17.5 Å². The second-order valence-electron chi connectivity index (χ2n) is 14.1. The molecule has 7 rings (SSSR count). The molecule has 0 saturated heterocycles. The largest absolute Gasteiger partial charge is 0.309 e. The first kappa shape index (κ1) is 31.5. The minimum absolute atomic E-state index is 0.0251. The Labute approximate surface area is 293 Å². The molecule has 0 aliphatic carbocycles. The van der Waals surface area contributed by atoms with Crippen LogP contribution in [-0.4, -0.2) is 19.5 Å². The van der Waals surface area contributed by atoms with Crippen molar-refractivity contribution in [2.75, 3.05) is 0 Å². The molecule has 0 fully saturated rings. The van der Waals surface area contributed by atoms with Gasteiger partial charge in [-0.05, 0) is 70.5 Å². The molecular formula is C41H36Br2N4. The van der Waals surface area contributed by atoms with E-state index < -0.39 is 0 Å². The number of benzene rings is 5. The summed E-state index contributed by atoms with van der Waals surface area (Å²) in [7, 11) is 0. The van der Waals surface area contributed by atoms with Gasteiger partial charge in [-0.15, -0.1) is 0 Å². The van der Waals surface area contributed by atoms with Crippen LogP contribution in [0.15, 0.2) is 118 Å². The fraction of sp³-hybridized carbons (Fsp3) is 0.195. The zero-order chi connectivity index (χ0) is 33.1. The van der Waals surface area contributed by atoms with Gasteiger partial charge >= 0.3 is 0 Å². The van der Waals surface area contributed by atoms with E-state index in [1.807, 2.05) is 48.5 Å². The van der Waals surface area contributed by atoms with Gasteiger partial charge in [0, 0.05) is 36.4 Å². The molecule has 0 aliphatic rings. The van der Waals surface area contributed by atoms with E-state index in [4.69, 9.17) is 15.0 Å². The number of hydrogen-bond donors (Lipinski definition) is 0. The van der Waals surface area contributed by atoms with Crippen LogP contribution in [0.3, 0.4) is 0 Å². The average Bonchev–Trinajstić information content (AvgIpc) is 3.37. The first-order valence-corrected chi connectivity index (χ1v) is 17.4. The van der Waals surface area contributed by atoms with Crippen LogP contribution in [-0.2, 0) is 10.8 Å². The molecule has 0 amide bonds. The molecule has 5 aromatic carbocycles. The van der Waals surface area contributed by atoms with E-state index >= 15 is 0 Å². The van der Waals surface area contributed by atoms with E-state index in [2.05, 4.69) is 139 Å². The predicted molar refractivity (Wildman–Crippen MR) is 203 cm³/mol. The fourth-order valence-corrected chi connectivity index (χ4v) is 7.02. The molecule has 0 bridgehead atoms. The molecule has 234 valence electrons. The van der Waals surface area contributed by atoms with Crippen LogP contribution >= 0.6 is 31.9 Å². The smallest absolute Gasteiger partial charge is 0.166 e. The van der Waals surface area contributed by atoms with Gasteiger partial charge in [-0.3, -0.25) is 0 Å². The molecule has 0 spiro atoms. The number of halogens is 2. The summed E-state index contributed by atoms with van der Waals surface area (Å²) in [5.74, 6) is 1.82. The van der Waals surface area contributed by atoms with E-state index in [0.717, 1.165) is 42.4 Å². The second-order valence-corrected chi connectivity index (χ2v) is 15.8. The summed E-state index contributed by atoms with van der Waals surface area (Å²) in [5.41, 5.74) is 8.73. The van der Waals surface area contributed by atoms with Crippen molar-refractivity contribution in [1.82, 2.24) is 19.5 Å². The Hall–Kier alpha value is -4.13. The van der Waals surface area contributed by atoms with Crippen LogP contribution in [0.25, 0.3) is 61.7 Å². The normalized spacial score (nSPS) is 12.3. The number of aromatic nitrogens is 4. The molecule has 0 unspecified atom stereocenters. The monoisotopic (exact) mass is 742 g/mol. The van der Waals surface area contributed by atoms with Crippen molar-refractivity contribution >= 4 is 53.7 Å². The Balaban J connectivity index is 1.54. The third-order valence-electron chi connectivity index (χ3n) is 8.75. The topological polar surface area (TPSA) is 43.6 Å². The molecule has 0 radical (unpaired) electrons. The molecule has 0 N–H and O–H groups in total. The zero-order valence-corrected chi connectivity index (χ0v) is 30.6. The number of nitrogens with zero attached hydrogens (tertiary/aromatic N) is 4. The van der Waals surface area contributed by atoms with Gasteiger partial charge in [0.15, 0.2) is 17.5 Å². The van der Waals surface area contributed by atoms with Crippen LogP contribution in [0.5, 0.6) is 0 Å². The van der Waals surface area contributed by atoms with Crippen LogP contribution in [0, 0.1) is 0 Å². The molecule has 0 atom stereocenters. The Bertz CT molecular complexity index is 2170. The molecular weight excluding hydrogens is 708 g/mol. The van der Waals surface area contributed by atoms with Gasteiger partial charge in [0.1, 0.15) is 0 Å². The lowest BCUT2D eigenvalue weighted by molar-refractivity contribution is 0.590. The van der Waals surface area contributed by atoms with Gasteiger partial charge < -0.3 is 4.57 Å².